The molecular formula is C14H19N3OS. The predicted octanol–water partition coefficient (Wildman–Crippen LogP) is 3.37. The number of hydrogen-bond donors (Lipinski definition) is 1. The second-order valence-electron chi connectivity index (χ2n) is 4.15. The van der Waals surface area contributed by atoms with Crippen LogP contribution >= 0.6 is 11.3 Å². The summed E-state index contributed by atoms with van der Waals surface area (Å²) in [4.78, 5) is 0. The molecule has 0 aliphatic heterocycles. The third kappa shape index (κ3) is 4.87. The molecule has 0 saturated carbocycles. The zero-order valence-electron chi connectivity index (χ0n) is 11.1. The van der Waals surface area contributed by atoms with E-state index < -0.39 is 0 Å². The third-order valence-corrected chi connectivity index (χ3v) is 3.53. The summed E-state index contributed by atoms with van der Waals surface area (Å²) in [5, 5.41) is 13.4. The Morgan fingerprint density at radius 2 is 2.00 bits per heavy atom. The van der Waals surface area contributed by atoms with Gasteiger partial charge in [0, 0.05) is 13.0 Å². The molecule has 0 saturated heterocycles. The first-order valence-electron chi connectivity index (χ1n) is 6.62. The SMILES string of the molecule is CCNc1nnc(CCCCOc2ccccc2)s1. The van der Waals surface area contributed by atoms with Crippen LogP contribution in [-0.2, 0) is 6.42 Å². The molecule has 0 unspecified atom stereocenters. The Hall–Kier alpha value is -1.62. The molecule has 1 aromatic heterocycles. The van der Waals surface area contributed by atoms with Gasteiger partial charge in [0.2, 0.25) is 5.13 Å². The monoisotopic (exact) mass is 277 g/mol. The Morgan fingerprint density at radius 1 is 1.16 bits per heavy atom. The van der Waals surface area contributed by atoms with Gasteiger partial charge < -0.3 is 10.1 Å². The molecule has 0 atom stereocenters. The lowest BCUT2D eigenvalue weighted by Gasteiger charge is -2.04. The van der Waals surface area contributed by atoms with Crippen molar-refractivity contribution in [3.63, 3.8) is 0 Å². The fourth-order valence-corrected chi connectivity index (χ4v) is 2.51. The van der Waals surface area contributed by atoms with Crippen molar-refractivity contribution in [3.05, 3.63) is 35.3 Å². The fraction of sp³-hybridized carbons (Fsp3) is 0.429. The number of nitrogens with zero attached hydrogens (tertiary/aromatic N) is 2. The van der Waals surface area contributed by atoms with Crippen molar-refractivity contribution >= 4 is 16.5 Å². The molecule has 2 aromatic rings. The Kier molecular flexibility index (Phi) is 5.62. The van der Waals surface area contributed by atoms with Crippen LogP contribution in [0.25, 0.3) is 0 Å². The quantitative estimate of drug-likeness (QED) is 0.751. The molecule has 0 fully saturated rings. The minimum atomic E-state index is 0.753. The van der Waals surface area contributed by atoms with Gasteiger partial charge in [0.15, 0.2) is 0 Å². The highest BCUT2D eigenvalue weighted by Crippen LogP contribution is 2.17. The van der Waals surface area contributed by atoms with Crippen LogP contribution in [0.2, 0.25) is 0 Å². The van der Waals surface area contributed by atoms with Gasteiger partial charge in [-0.1, -0.05) is 29.5 Å². The second-order valence-corrected chi connectivity index (χ2v) is 5.21. The van der Waals surface area contributed by atoms with Gasteiger partial charge in [0.05, 0.1) is 6.61 Å². The molecule has 0 radical (unpaired) electrons. The van der Waals surface area contributed by atoms with E-state index in [1.54, 1.807) is 11.3 Å². The number of rotatable bonds is 8. The molecule has 4 nitrogen and oxygen atoms in total. The van der Waals surface area contributed by atoms with Gasteiger partial charge in [-0.15, -0.1) is 10.2 Å². The molecule has 0 aliphatic rings. The first kappa shape index (κ1) is 13.8. The van der Waals surface area contributed by atoms with Crippen molar-refractivity contribution in [2.45, 2.75) is 26.2 Å². The average Bonchev–Trinajstić information content (AvgIpc) is 2.88. The van der Waals surface area contributed by atoms with Gasteiger partial charge >= 0.3 is 0 Å². The summed E-state index contributed by atoms with van der Waals surface area (Å²) >= 11 is 1.64. The van der Waals surface area contributed by atoms with Crippen LogP contribution in [-0.4, -0.2) is 23.3 Å². The van der Waals surface area contributed by atoms with E-state index in [1.807, 2.05) is 30.3 Å². The number of ether oxygens (including phenoxy) is 1. The number of hydrogen-bond acceptors (Lipinski definition) is 5. The molecule has 19 heavy (non-hydrogen) atoms. The highest BCUT2D eigenvalue weighted by Gasteiger charge is 2.02. The standard InChI is InChI=1S/C14H19N3OS/c1-2-15-14-17-16-13(19-14)10-6-7-11-18-12-8-4-3-5-9-12/h3-5,8-9H,2,6-7,10-11H2,1H3,(H,15,17). The molecule has 1 N–H and O–H groups in total. The third-order valence-electron chi connectivity index (χ3n) is 2.59. The number of aromatic nitrogens is 2. The fourth-order valence-electron chi connectivity index (χ4n) is 1.66. The van der Waals surface area contributed by atoms with Crippen LogP contribution in [0.3, 0.4) is 0 Å². The zero-order valence-corrected chi connectivity index (χ0v) is 11.9. The van der Waals surface area contributed by atoms with Gasteiger partial charge in [-0.25, -0.2) is 0 Å². The molecule has 1 aromatic carbocycles. The number of benzene rings is 1. The highest BCUT2D eigenvalue weighted by molar-refractivity contribution is 7.15. The predicted molar refractivity (Wildman–Crippen MR) is 78.9 cm³/mol. The van der Waals surface area contributed by atoms with Crippen molar-refractivity contribution in [1.29, 1.82) is 0 Å². The Labute approximate surface area is 117 Å². The molecule has 0 bridgehead atoms. The van der Waals surface area contributed by atoms with Crippen LogP contribution in [0, 0.1) is 0 Å². The molecule has 5 heteroatoms. The lowest BCUT2D eigenvalue weighted by atomic mass is 10.2. The average molecular weight is 277 g/mol. The number of unbranched alkanes of at least 4 members (excludes halogenated alkanes) is 1. The largest absolute Gasteiger partial charge is 0.494 e. The minimum absolute atomic E-state index is 0.753. The zero-order chi connectivity index (χ0) is 13.3. The molecule has 0 amide bonds. The summed E-state index contributed by atoms with van der Waals surface area (Å²) in [6, 6.07) is 9.92. The number of anilines is 1. The molecule has 1 heterocycles. The van der Waals surface area contributed by atoms with Gasteiger partial charge in [0.1, 0.15) is 10.8 Å². The summed E-state index contributed by atoms with van der Waals surface area (Å²) in [7, 11) is 0. The Bertz CT molecular complexity index is 473. The van der Waals surface area contributed by atoms with E-state index in [1.165, 1.54) is 0 Å². The lowest BCUT2D eigenvalue weighted by Crippen LogP contribution is -1.98. The van der Waals surface area contributed by atoms with Crippen LogP contribution in [0.15, 0.2) is 30.3 Å². The maximum atomic E-state index is 5.64. The first-order chi connectivity index (χ1) is 9.38. The van der Waals surface area contributed by atoms with Crippen LogP contribution in [0.5, 0.6) is 5.75 Å². The van der Waals surface area contributed by atoms with Crippen LogP contribution in [0.1, 0.15) is 24.8 Å². The summed E-state index contributed by atoms with van der Waals surface area (Å²) in [5.41, 5.74) is 0. The van der Waals surface area contributed by atoms with E-state index in [2.05, 4.69) is 22.4 Å². The summed E-state index contributed by atoms with van der Waals surface area (Å²) in [6.07, 6.45) is 3.08. The van der Waals surface area contributed by atoms with E-state index in [9.17, 15) is 0 Å². The lowest BCUT2D eigenvalue weighted by molar-refractivity contribution is 0.307. The van der Waals surface area contributed by atoms with E-state index in [4.69, 9.17) is 4.74 Å². The molecule has 2 rings (SSSR count). The summed E-state index contributed by atoms with van der Waals surface area (Å²) < 4.78 is 5.64. The normalized spacial score (nSPS) is 10.4. The van der Waals surface area contributed by atoms with E-state index in [-0.39, 0.29) is 0 Å². The Morgan fingerprint density at radius 3 is 2.79 bits per heavy atom. The molecule has 0 aliphatic carbocycles. The van der Waals surface area contributed by atoms with Gasteiger partial charge in [0.25, 0.3) is 0 Å². The molecule has 102 valence electrons. The topological polar surface area (TPSA) is 47.0 Å². The van der Waals surface area contributed by atoms with E-state index >= 15 is 0 Å². The molecule has 0 spiro atoms. The summed E-state index contributed by atoms with van der Waals surface area (Å²) in [6.45, 7) is 3.70. The van der Waals surface area contributed by atoms with Crippen molar-refractivity contribution in [2.75, 3.05) is 18.5 Å². The smallest absolute Gasteiger partial charge is 0.205 e. The molecular weight excluding hydrogens is 258 g/mol. The van der Waals surface area contributed by atoms with Crippen LogP contribution in [0.4, 0.5) is 5.13 Å². The van der Waals surface area contributed by atoms with Gasteiger partial charge in [-0.3, -0.25) is 0 Å². The summed E-state index contributed by atoms with van der Waals surface area (Å²) in [5.74, 6) is 0.938. The maximum Gasteiger partial charge on any atom is 0.205 e. The number of nitrogens with one attached hydrogen (secondary N) is 1. The first-order valence-corrected chi connectivity index (χ1v) is 7.44. The van der Waals surface area contributed by atoms with Crippen LogP contribution < -0.4 is 10.1 Å². The number of para-hydroxylation sites is 1. The van der Waals surface area contributed by atoms with Crippen molar-refractivity contribution in [2.24, 2.45) is 0 Å². The van der Waals surface area contributed by atoms with Crippen molar-refractivity contribution in [1.82, 2.24) is 10.2 Å². The van der Waals surface area contributed by atoms with Crippen molar-refractivity contribution in [3.8, 4) is 5.75 Å². The Balaban J connectivity index is 1.61. The van der Waals surface area contributed by atoms with Gasteiger partial charge in [-0.2, -0.15) is 0 Å². The minimum Gasteiger partial charge on any atom is -0.494 e. The maximum absolute atomic E-state index is 5.64. The number of aryl methyl sites for hydroxylation is 1. The van der Waals surface area contributed by atoms with E-state index in [0.717, 1.165) is 48.3 Å². The van der Waals surface area contributed by atoms with Gasteiger partial charge in [-0.05, 0) is 31.9 Å². The van der Waals surface area contributed by atoms with Crippen molar-refractivity contribution < 1.29 is 4.74 Å². The van der Waals surface area contributed by atoms with E-state index in [0.29, 0.717) is 0 Å². The second kappa shape index (κ2) is 7.74. The highest BCUT2D eigenvalue weighted by atomic mass is 32.1.